The van der Waals surface area contributed by atoms with Crippen LogP contribution in [0.4, 0.5) is 84.7 Å². The lowest BCUT2D eigenvalue weighted by Crippen LogP contribution is -2.44. The van der Waals surface area contributed by atoms with E-state index in [1.807, 2.05) is 37.3 Å². The first kappa shape index (κ1) is 119. The molecular weight excluding hydrogens is 1970 g/mol. The molecule has 0 radical (unpaired) electrons. The van der Waals surface area contributed by atoms with Crippen LogP contribution in [-0.2, 0) is 33.6 Å². The molecule has 790 valence electrons. The Balaban J connectivity index is 0.000000211. The van der Waals surface area contributed by atoms with Crippen molar-refractivity contribution in [3.63, 3.8) is 0 Å². The van der Waals surface area contributed by atoms with Gasteiger partial charge in [0.25, 0.3) is 35.4 Å². The summed E-state index contributed by atoms with van der Waals surface area (Å²) in [7, 11) is 1.50. The van der Waals surface area contributed by atoms with E-state index in [-0.39, 0.29) is 127 Å². The highest BCUT2D eigenvalue weighted by Gasteiger charge is 2.56. The molecule has 5 fully saturated rings. The van der Waals surface area contributed by atoms with Gasteiger partial charge in [-0.05, 0) is 260 Å². The Morgan fingerprint density at radius 3 is 1.08 bits per heavy atom. The number of amides is 6. The van der Waals surface area contributed by atoms with Crippen molar-refractivity contribution < 1.29 is 149 Å². The van der Waals surface area contributed by atoms with Gasteiger partial charge in [0.1, 0.15) is 0 Å². The molecule has 40 heteroatoms. The highest BCUT2D eigenvalue weighted by atomic mass is 35.5. The van der Waals surface area contributed by atoms with Crippen LogP contribution in [0.15, 0.2) is 194 Å². The molecule has 8 N–H and O–H groups in total. The summed E-state index contributed by atoms with van der Waals surface area (Å²) >= 11 is 11.7. The number of carbonyl (C=O) groups excluding carboxylic acids is 6. The fourth-order valence-electron chi connectivity index (χ4n) is 16.9. The predicted octanol–water partition coefficient (Wildman–Crippen LogP) is 21.8. The number of aliphatic hydroxyl groups is 8. The number of anilines is 1. The second-order valence-electron chi connectivity index (χ2n) is 38.1. The van der Waals surface area contributed by atoms with Crippen molar-refractivity contribution in [3.05, 3.63) is 276 Å². The lowest BCUT2D eigenvalue weighted by atomic mass is 9.84. The number of aliphatic hydroxyl groups excluding tert-OH is 2. The average Bonchev–Trinajstić information content (AvgIpc) is 1.80. The summed E-state index contributed by atoms with van der Waals surface area (Å²) in [5, 5.41) is 76.9. The third kappa shape index (κ3) is 29.3. The molecule has 0 bridgehead atoms. The largest absolute Gasteiger partial charge is 0.421 e. The third-order valence-corrected chi connectivity index (χ3v) is 27.5. The maximum atomic E-state index is 12.9. The summed E-state index contributed by atoms with van der Waals surface area (Å²) in [6, 6.07) is 44.1. The van der Waals surface area contributed by atoms with Crippen molar-refractivity contribution in [3.8, 4) is 0 Å². The quantitative estimate of drug-likeness (QED) is 0.0350. The van der Waals surface area contributed by atoms with E-state index in [4.69, 9.17) is 28.3 Å². The minimum Gasteiger partial charge on any atom is -0.396 e. The zero-order chi connectivity index (χ0) is 108. The maximum Gasteiger partial charge on any atom is 0.421 e. The number of nitrogens with zero attached hydrogens (tertiary/aromatic N) is 6. The molecule has 4 saturated heterocycles. The molecule has 9 unspecified atom stereocenters. The standard InChI is InChI=1S/C20H20F3NO2.C17H14Cl2F3NO2.C17H22F3NO3.2C17H22F3NO2.C16H20F3NO3/c1-19(26,20(21,22)23)17-9-7-15(8-10-17)18(25)24-12-11-16(13-24)14-5-3-2-4-6-14;1-16(25,17(20,21)22)11-5-3-10(4-6-11)15(24)23(2)12-7-8-13(18)14(19)9-12;1-16(24,17(18,19)20)13-7-5-12(6-8-13)15(23)21-10-3-2-4-14(21)9-11-22;1-15(2)9-4-10-21(11-15)14(22)12-5-7-13(8-6-12)16(3,23)17(18,19)20;1-3-21(14-6-4-5-7-14)15(22)12-8-10-13(11-9-12)16(2,23)17(18,19)20;1-15(23,16(17,18)19)13-6-4-12(5-7-13)14(22)20-8-2-3-11(9-20)10-21/h2-10,16,26H,11-13H2,1H3;3-9,25H,1-2H3;5-8,14,22,24H,2-4,9-11H2,1H3;5-8,23H,4,9-11H2,1-3H3;8-11,14,23H,3-7H2,1-2H3;4-7,11,21,23H,2-3,8-10H2,1H3. The molecule has 20 nitrogen and oxygen atoms in total. The van der Waals surface area contributed by atoms with E-state index in [0.29, 0.717) is 128 Å². The number of hydrogen-bond donors (Lipinski definition) is 8. The van der Waals surface area contributed by atoms with Crippen LogP contribution in [-0.4, -0.2) is 223 Å². The molecule has 13 rings (SSSR count). The summed E-state index contributed by atoms with van der Waals surface area (Å²) in [6.07, 6.45) is -17.0. The van der Waals surface area contributed by atoms with E-state index >= 15 is 0 Å². The Bertz CT molecular complexity index is 5560. The zero-order valence-corrected chi connectivity index (χ0v) is 82.3. The number of hydrogen-bond acceptors (Lipinski definition) is 14. The Morgan fingerprint density at radius 1 is 0.382 bits per heavy atom. The van der Waals surface area contributed by atoms with E-state index in [1.54, 1.807) is 30.6 Å². The van der Waals surface area contributed by atoms with E-state index in [0.717, 1.165) is 138 Å². The van der Waals surface area contributed by atoms with Crippen molar-refractivity contribution in [2.45, 2.75) is 234 Å². The highest BCUT2D eigenvalue weighted by molar-refractivity contribution is 6.42. The number of benzene rings is 8. The van der Waals surface area contributed by atoms with Crippen LogP contribution in [0.25, 0.3) is 0 Å². The molecule has 144 heavy (non-hydrogen) atoms. The van der Waals surface area contributed by atoms with Gasteiger partial charge in [-0.15, -0.1) is 0 Å². The van der Waals surface area contributed by atoms with Crippen molar-refractivity contribution >= 4 is 64.3 Å². The molecule has 4 heterocycles. The molecule has 1 aliphatic carbocycles. The number of halogens is 20. The van der Waals surface area contributed by atoms with Gasteiger partial charge in [0.2, 0.25) is 0 Å². The SMILES string of the molecule is CC(O)(c1ccc(C(=O)N2CCC(c3ccccc3)C2)cc1)C(F)(F)F.CC(O)(c1ccc(C(=O)N2CCCC(CO)C2)cc1)C(F)(F)F.CC(O)(c1ccc(C(=O)N2CCCCC2CCO)cc1)C(F)(F)F.CC1(C)CCCN(C(=O)c2ccc(C(C)(O)C(F)(F)F)cc2)C1.CCN(C(=O)c1ccc(C(C)(O)C(F)(F)F)cc1)C1CCCC1.CN(C(=O)c1ccc(C(C)(O)C(F)(F)F)cc1)c1ccc(Cl)c(Cl)c1. The van der Waals surface area contributed by atoms with E-state index in [9.17, 15) is 144 Å². The number of alkyl halides is 18. The number of carbonyl (C=O) groups is 6. The van der Waals surface area contributed by atoms with Crippen LogP contribution in [0.3, 0.4) is 0 Å². The number of piperidine rings is 3. The van der Waals surface area contributed by atoms with Crippen molar-refractivity contribution in [1.82, 2.24) is 24.5 Å². The summed E-state index contributed by atoms with van der Waals surface area (Å²) in [5.41, 5.74) is -16.1. The maximum absolute atomic E-state index is 12.9. The average molecular weight is 2090 g/mol. The second-order valence-corrected chi connectivity index (χ2v) is 38.9. The van der Waals surface area contributed by atoms with Gasteiger partial charge in [-0.3, -0.25) is 28.8 Å². The fraction of sp³-hybridized carbons (Fsp3) is 0.481. The normalized spacial score (nSPS) is 19.4. The Kier molecular flexibility index (Phi) is 39.6. The van der Waals surface area contributed by atoms with Gasteiger partial charge in [0.15, 0.2) is 33.6 Å². The molecule has 6 amide bonds. The summed E-state index contributed by atoms with van der Waals surface area (Å²) in [5.74, 6) is -1.23. The lowest BCUT2D eigenvalue weighted by molar-refractivity contribution is -0.259. The monoisotopic (exact) mass is 2090 g/mol. The second kappa shape index (κ2) is 48.0. The Hall–Kier alpha value is -10.4. The molecule has 1 saturated carbocycles. The summed E-state index contributed by atoms with van der Waals surface area (Å²) < 4.78 is 231. The Labute approximate surface area is 833 Å². The first-order valence-electron chi connectivity index (χ1n) is 46.5. The van der Waals surface area contributed by atoms with E-state index in [1.165, 1.54) is 115 Å². The first-order valence-corrected chi connectivity index (χ1v) is 47.2. The summed E-state index contributed by atoms with van der Waals surface area (Å²) in [6.45, 7) is 14.9. The molecule has 0 aromatic heterocycles. The van der Waals surface area contributed by atoms with Crippen molar-refractivity contribution in [2.75, 3.05) is 77.5 Å². The van der Waals surface area contributed by atoms with Crippen LogP contribution in [0, 0.1) is 11.3 Å². The molecule has 4 aliphatic heterocycles. The van der Waals surface area contributed by atoms with Gasteiger partial charge in [0.05, 0.1) is 10.0 Å². The van der Waals surface area contributed by atoms with Gasteiger partial charge in [-0.1, -0.05) is 153 Å². The zero-order valence-electron chi connectivity index (χ0n) is 80.8. The minimum atomic E-state index is -4.82. The van der Waals surface area contributed by atoms with Crippen LogP contribution < -0.4 is 4.90 Å². The molecule has 0 spiro atoms. The van der Waals surface area contributed by atoms with Crippen LogP contribution in [0.1, 0.15) is 253 Å². The van der Waals surface area contributed by atoms with E-state index < -0.39 is 76.6 Å². The molecule has 8 aromatic rings. The first-order chi connectivity index (χ1) is 66.6. The Morgan fingerprint density at radius 2 is 0.729 bits per heavy atom. The lowest BCUT2D eigenvalue weighted by Gasteiger charge is -2.38. The fourth-order valence-corrected chi connectivity index (χ4v) is 17.2. The number of likely N-dealkylation sites (tertiary alicyclic amines) is 4. The van der Waals surface area contributed by atoms with Gasteiger partial charge in [-0.25, -0.2) is 0 Å². The summed E-state index contributed by atoms with van der Waals surface area (Å²) in [4.78, 5) is 84.9. The number of rotatable bonds is 19. The van der Waals surface area contributed by atoms with Gasteiger partial charge in [-0.2, -0.15) is 79.0 Å². The van der Waals surface area contributed by atoms with Gasteiger partial charge < -0.3 is 70.3 Å². The predicted molar refractivity (Wildman–Crippen MR) is 505 cm³/mol. The van der Waals surface area contributed by atoms with Crippen molar-refractivity contribution in [1.29, 1.82) is 0 Å². The minimum absolute atomic E-state index is 0.0111. The smallest absolute Gasteiger partial charge is 0.396 e. The highest BCUT2D eigenvalue weighted by Crippen LogP contribution is 2.46. The molecular formula is C104H120Cl2F18N6O14. The molecule has 8 aromatic carbocycles. The van der Waals surface area contributed by atoms with Gasteiger partial charge in [0, 0.05) is 130 Å². The van der Waals surface area contributed by atoms with Crippen molar-refractivity contribution in [2.24, 2.45) is 11.3 Å². The van der Waals surface area contributed by atoms with Crippen LogP contribution >= 0.6 is 23.2 Å². The van der Waals surface area contributed by atoms with Gasteiger partial charge >= 0.3 is 37.1 Å². The molecule has 9 atom stereocenters. The molecule has 5 aliphatic rings. The van der Waals surface area contributed by atoms with Crippen LogP contribution in [0.2, 0.25) is 10.0 Å². The van der Waals surface area contributed by atoms with E-state index in [2.05, 4.69) is 13.8 Å². The van der Waals surface area contributed by atoms with Crippen LogP contribution in [0.5, 0.6) is 0 Å². The topological polar surface area (TPSA) is 284 Å². The third-order valence-electron chi connectivity index (χ3n) is 26.8.